The summed E-state index contributed by atoms with van der Waals surface area (Å²) in [6.07, 6.45) is 6.83. The third-order valence-corrected chi connectivity index (χ3v) is 4.56. The molecule has 0 bridgehead atoms. The second-order valence-corrected chi connectivity index (χ2v) is 6.02. The van der Waals surface area contributed by atoms with E-state index in [0.717, 1.165) is 25.6 Å². The van der Waals surface area contributed by atoms with Crippen molar-refractivity contribution in [1.29, 1.82) is 0 Å². The van der Waals surface area contributed by atoms with Crippen LogP contribution in [0.1, 0.15) is 39.0 Å². The molecule has 1 spiro atoms. The summed E-state index contributed by atoms with van der Waals surface area (Å²) in [5.74, 6) is 1.02. The van der Waals surface area contributed by atoms with Crippen LogP contribution < -0.4 is 0 Å². The van der Waals surface area contributed by atoms with Gasteiger partial charge in [0.2, 0.25) is 0 Å². The van der Waals surface area contributed by atoms with Crippen LogP contribution in [0.4, 0.5) is 0 Å². The summed E-state index contributed by atoms with van der Waals surface area (Å²) in [7, 11) is 0. The summed E-state index contributed by atoms with van der Waals surface area (Å²) < 4.78 is 11.8. The van der Waals surface area contributed by atoms with E-state index in [1.54, 1.807) is 0 Å². The maximum Gasteiger partial charge on any atom is 0.0836 e. The quantitative estimate of drug-likeness (QED) is 0.749. The number of hydrogen-bond acceptors (Lipinski definition) is 3. The molecule has 3 rings (SSSR count). The molecular formula is C14H25NO2. The predicted molar refractivity (Wildman–Crippen MR) is 67.1 cm³/mol. The van der Waals surface area contributed by atoms with Gasteiger partial charge in [0, 0.05) is 32.7 Å². The predicted octanol–water partition coefficient (Wildman–Crippen LogP) is 2.06. The Hall–Kier alpha value is -0.120. The number of hydrogen-bond donors (Lipinski definition) is 0. The van der Waals surface area contributed by atoms with E-state index in [0.29, 0.717) is 6.10 Å². The first kappa shape index (κ1) is 11.9. The fourth-order valence-electron chi connectivity index (χ4n) is 3.30. The molecule has 2 heterocycles. The molecule has 1 saturated carbocycles. The van der Waals surface area contributed by atoms with Crippen LogP contribution in [0.2, 0.25) is 0 Å². The summed E-state index contributed by atoms with van der Waals surface area (Å²) in [6.45, 7) is 7.51. The Morgan fingerprint density at radius 1 is 1.29 bits per heavy atom. The minimum Gasteiger partial charge on any atom is -0.376 e. The van der Waals surface area contributed by atoms with Crippen molar-refractivity contribution in [2.24, 2.45) is 5.92 Å². The van der Waals surface area contributed by atoms with E-state index in [2.05, 4.69) is 11.8 Å². The molecule has 98 valence electrons. The molecular weight excluding hydrogens is 214 g/mol. The first-order chi connectivity index (χ1) is 8.30. The van der Waals surface area contributed by atoms with E-state index < -0.39 is 0 Å². The molecule has 0 aromatic heterocycles. The van der Waals surface area contributed by atoms with Crippen molar-refractivity contribution in [1.82, 2.24) is 4.90 Å². The van der Waals surface area contributed by atoms with Crippen molar-refractivity contribution in [2.45, 2.75) is 50.7 Å². The van der Waals surface area contributed by atoms with E-state index >= 15 is 0 Å². The highest BCUT2D eigenvalue weighted by Gasteiger charge is 2.43. The molecule has 1 atom stereocenters. The zero-order valence-corrected chi connectivity index (χ0v) is 11.0. The van der Waals surface area contributed by atoms with Crippen LogP contribution in [-0.4, -0.2) is 49.5 Å². The van der Waals surface area contributed by atoms with E-state index in [1.165, 1.54) is 45.3 Å². The lowest BCUT2D eigenvalue weighted by Gasteiger charge is -2.38. The van der Waals surface area contributed by atoms with E-state index in [1.807, 2.05) is 0 Å². The summed E-state index contributed by atoms with van der Waals surface area (Å²) in [6, 6.07) is 0. The Balaban J connectivity index is 1.46. The normalized spacial score (nSPS) is 33.4. The minimum atomic E-state index is 0.167. The average molecular weight is 239 g/mol. The van der Waals surface area contributed by atoms with Gasteiger partial charge in [-0.2, -0.15) is 0 Å². The van der Waals surface area contributed by atoms with Gasteiger partial charge in [0.1, 0.15) is 0 Å². The monoisotopic (exact) mass is 239 g/mol. The van der Waals surface area contributed by atoms with Gasteiger partial charge in [-0.15, -0.1) is 0 Å². The lowest BCUT2D eigenvalue weighted by molar-refractivity contribution is -0.0456. The summed E-state index contributed by atoms with van der Waals surface area (Å²) in [5.41, 5.74) is 0.167. The average Bonchev–Trinajstić information content (AvgIpc) is 3.06. The minimum absolute atomic E-state index is 0.167. The zero-order valence-electron chi connectivity index (χ0n) is 11.0. The Morgan fingerprint density at radius 3 is 2.71 bits per heavy atom. The van der Waals surface area contributed by atoms with Gasteiger partial charge in [-0.25, -0.2) is 0 Å². The Morgan fingerprint density at radius 2 is 2.06 bits per heavy atom. The molecule has 0 aromatic carbocycles. The van der Waals surface area contributed by atoms with Gasteiger partial charge in [0.25, 0.3) is 0 Å². The van der Waals surface area contributed by atoms with Gasteiger partial charge in [0.15, 0.2) is 0 Å². The maximum atomic E-state index is 6.06. The smallest absolute Gasteiger partial charge is 0.0836 e. The summed E-state index contributed by atoms with van der Waals surface area (Å²) in [5, 5.41) is 0. The Bertz CT molecular complexity index is 257. The van der Waals surface area contributed by atoms with Gasteiger partial charge in [-0.1, -0.05) is 0 Å². The van der Waals surface area contributed by atoms with Crippen LogP contribution in [0.15, 0.2) is 0 Å². The molecule has 3 aliphatic rings. The molecule has 0 amide bonds. The topological polar surface area (TPSA) is 21.7 Å². The fraction of sp³-hybridized carbons (Fsp3) is 1.00. The molecule has 17 heavy (non-hydrogen) atoms. The molecule has 3 nitrogen and oxygen atoms in total. The van der Waals surface area contributed by atoms with Crippen molar-refractivity contribution in [3.8, 4) is 0 Å². The highest BCUT2D eigenvalue weighted by molar-refractivity contribution is 4.95. The van der Waals surface area contributed by atoms with Gasteiger partial charge in [-0.3, -0.25) is 0 Å². The molecule has 3 fully saturated rings. The van der Waals surface area contributed by atoms with Crippen LogP contribution in [0.25, 0.3) is 0 Å². The van der Waals surface area contributed by atoms with Gasteiger partial charge >= 0.3 is 0 Å². The first-order valence-corrected chi connectivity index (χ1v) is 7.27. The number of ether oxygens (including phenoxy) is 2. The van der Waals surface area contributed by atoms with Crippen LogP contribution >= 0.6 is 0 Å². The van der Waals surface area contributed by atoms with Crippen molar-refractivity contribution < 1.29 is 9.47 Å². The van der Waals surface area contributed by atoms with Gasteiger partial charge in [-0.05, 0) is 38.5 Å². The number of nitrogens with zero attached hydrogens (tertiary/aromatic N) is 1. The number of piperidine rings is 1. The van der Waals surface area contributed by atoms with Crippen LogP contribution in [0.5, 0.6) is 0 Å². The second kappa shape index (κ2) is 4.87. The van der Waals surface area contributed by atoms with E-state index in [9.17, 15) is 0 Å². The molecule has 0 radical (unpaired) electrons. The molecule has 0 N–H and O–H groups in total. The Labute approximate surface area is 104 Å². The van der Waals surface area contributed by atoms with E-state index in [-0.39, 0.29) is 5.60 Å². The number of likely N-dealkylation sites (tertiary alicyclic amines) is 1. The molecule has 0 aromatic rings. The van der Waals surface area contributed by atoms with Crippen molar-refractivity contribution in [2.75, 3.05) is 32.8 Å². The van der Waals surface area contributed by atoms with Crippen molar-refractivity contribution in [3.05, 3.63) is 0 Å². The largest absolute Gasteiger partial charge is 0.376 e. The van der Waals surface area contributed by atoms with Crippen molar-refractivity contribution >= 4 is 0 Å². The van der Waals surface area contributed by atoms with Crippen LogP contribution in [0.3, 0.4) is 0 Å². The highest BCUT2D eigenvalue weighted by atomic mass is 16.6. The third kappa shape index (κ3) is 2.83. The van der Waals surface area contributed by atoms with Gasteiger partial charge < -0.3 is 14.4 Å². The molecule has 2 saturated heterocycles. The first-order valence-electron chi connectivity index (χ1n) is 7.27. The zero-order chi connectivity index (χ0) is 11.7. The fourth-order valence-corrected chi connectivity index (χ4v) is 3.30. The highest BCUT2D eigenvalue weighted by Crippen LogP contribution is 2.38. The van der Waals surface area contributed by atoms with Crippen LogP contribution in [-0.2, 0) is 9.47 Å². The van der Waals surface area contributed by atoms with Crippen LogP contribution in [0, 0.1) is 5.92 Å². The summed E-state index contributed by atoms with van der Waals surface area (Å²) >= 11 is 0. The molecule has 1 aliphatic carbocycles. The second-order valence-electron chi connectivity index (χ2n) is 6.02. The molecule has 2 aliphatic heterocycles. The SMILES string of the molecule is CCO[C@@H]1COC2(CCN(CC3CC3)CC2)C1. The van der Waals surface area contributed by atoms with Gasteiger partial charge in [0.05, 0.1) is 18.3 Å². The molecule has 3 heteroatoms. The number of rotatable bonds is 4. The lowest BCUT2D eigenvalue weighted by atomic mass is 9.88. The lowest BCUT2D eigenvalue weighted by Crippen LogP contribution is -2.44. The maximum absolute atomic E-state index is 6.06. The van der Waals surface area contributed by atoms with E-state index in [4.69, 9.17) is 9.47 Å². The molecule has 0 unspecified atom stereocenters. The Kier molecular flexibility index (Phi) is 3.42. The standard InChI is InChI=1S/C14H25NO2/c1-2-16-13-9-14(17-11-13)5-7-15(8-6-14)10-12-3-4-12/h12-13H,2-11H2,1H3/t13-/m0/s1. The summed E-state index contributed by atoms with van der Waals surface area (Å²) in [4.78, 5) is 2.64. The van der Waals surface area contributed by atoms with Crippen molar-refractivity contribution in [3.63, 3.8) is 0 Å². The third-order valence-electron chi connectivity index (χ3n) is 4.56.